The number of thiazole rings is 1. The Hall–Kier alpha value is -2.70. The van der Waals surface area contributed by atoms with Crippen LogP contribution in [0.2, 0.25) is 0 Å². The largest absolute Gasteiger partial charge is 0.484 e. The lowest BCUT2D eigenvalue weighted by Crippen LogP contribution is -2.37. The first kappa shape index (κ1) is 23.0. The lowest BCUT2D eigenvalue weighted by molar-refractivity contribution is -0.120. The van der Waals surface area contributed by atoms with Gasteiger partial charge in [0.2, 0.25) is 0 Å². The maximum absolute atomic E-state index is 13.1. The summed E-state index contributed by atoms with van der Waals surface area (Å²) in [6, 6.07) is 17.8. The third-order valence-electron chi connectivity index (χ3n) is 5.23. The molecule has 0 spiro atoms. The summed E-state index contributed by atoms with van der Waals surface area (Å²) in [6.07, 6.45) is 0.887. The molecule has 0 bridgehead atoms. The van der Waals surface area contributed by atoms with E-state index < -0.39 is 0 Å². The molecule has 5 nitrogen and oxygen atoms in total. The van der Waals surface area contributed by atoms with E-state index in [1.165, 1.54) is 11.3 Å². The van der Waals surface area contributed by atoms with Crippen molar-refractivity contribution in [1.29, 1.82) is 0 Å². The fraction of sp³-hybridized carbons (Fsp3) is 0.360. The third kappa shape index (κ3) is 6.64. The first-order chi connectivity index (χ1) is 15.1. The van der Waals surface area contributed by atoms with Crippen LogP contribution in [0, 0.1) is 6.92 Å². The van der Waals surface area contributed by atoms with E-state index >= 15 is 0 Å². The molecular formula is C25H31N3O2S. The maximum atomic E-state index is 13.1. The number of hydrogen-bond acceptors (Lipinski definition) is 5. The lowest BCUT2D eigenvalue weighted by atomic mass is 10.2. The summed E-state index contributed by atoms with van der Waals surface area (Å²) < 4.78 is 5.76. The van der Waals surface area contributed by atoms with Crippen molar-refractivity contribution in [3.8, 4) is 17.0 Å². The minimum Gasteiger partial charge on any atom is -0.484 e. The van der Waals surface area contributed by atoms with Crippen molar-refractivity contribution >= 4 is 22.4 Å². The highest BCUT2D eigenvalue weighted by molar-refractivity contribution is 7.14. The van der Waals surface area contributed by atoms with Crippen molar-refractivity contribution in [2.45, 2.75) is 27.2 Å². The van der Waals surface area contributed by atoms with E-state index in [0.717, 1.165) is 48.0 Å². The first-order valence-corrected chi connectivity index (χ1v) is 11.7. The van der Waals surface area contributed by atoms with E-state index in [-0.39, 0.29) is 12.5 Å². The normalized spacial score (nSPS) is 11.0. The Balaban J connectivity index is 1.71. The van der Waals surface area contributed by atoms with Gasteiger partial charge in [0.05, 0.1) is 5.69 Å². The van der Waals surface area contributed by atoms with E-state index in [1.54, 1.807) is 4.90 Å². The minimum atomic E-state index is -0.0749. The van der Waals surface area contributed by atoms with E-state index in [9.17, 15) is 4.79 Å². The fourth-order valence-corrected chi connectivity index (χ4v) is 4.18. The average Bonchev–Trinajstić information content (AvgIpc) is 3.29. The van der Waals surface area contributed by atoms with Gasteiger partial charge in [-0.3, -0.25) is 9.69 Å². The Morgan fingerprint density at radius 1 is 1.00 bits per heavy atom. The molecule has 1 aromatic heterocycles. The Labute approximate surface area is 189 Å². The number of hydrogen-bond donors (Lipinski definition) is 0. The average molecular weight is 438 g/mol. The van der Waals surface area contributed by atoms with E-state index in [2.05, 4.69) is 18.7 Å². The summed E-state index contributed by atoms with van der Waals surface area (Å²) in [5, 5.41) is 2.73. The van der Waals surface area contributed by atoms with E-state index in [4.69, 9.17) is 9.72 Å². The monoisotopic (exact) mass is 437 g/mol. The van der Waals surface area contributed by atoms with E-state index in [1.807, 2.05) is 66.9 Å². The molecule has 2 aromatic carbocycles. The third-order valence-corrected chi connectivity index (χ3v) is 6.09. The molecule has 31 heavy (non-hydrogen) atoms. The van der Waals surface area contributed by atoms with Crippen molar-refractivity contribution < 1.29 is 9.53 Å². The van der Waals surface area contributed by atoms with Crippen molar-refractivity contribution in [2.24, 2.45) is 0 Å². The van der Waals surface area contributed by atoms with Crippen molar-refractivity contribution in [1.82, 2.24) is 9.88 Å². The molecule has 6 heteroatoms. The molecule has 3 rings (SSSR count). The number of anilines is 1. The van der Waals surface area contributed by atoms with Crippen LogP contribution in [0.15, 0.2) is 60.0 Å². The van der Waals surface area contributed by atoms with Gasteiger partial charge in [-0.25, -0.2) is 4.98 Å². The Morgan fingerprint density at radius 3 is 2.39 bits per heavy atom. The first-order valence-electron chi connectivity index (χ1n) is 10.8. The standard InChI is InChI=1S/C25H31N3O2S/c1-4-27(5-2)16-9-17-28(24(29)18-30-22-14-12-20(3)13-15-22)25-26-23(19-31-25)21-10-7-6-8-11-21/h6-8,10-15,19H,4-5,9,16-18H2,1-3H3. The van der Waals surface area contributed by atoms with Crippen LogP contribution in [0.3, 0.4) is 0 Å². The Bertz CT molecular complexity index is 937. The summed E-state index contributed by atoms with van der Waals surface area (Å²) in [5.41, 5.74) is 3.10. The number of aryl methyl sites for hydroxylation is 1. The highest BCUT2D eigenvalue weighted by atomic mass is 32.1. The van der Waals surface area contributed by atoms with Gasteiger partial charge in [0.1, 0.15) is 5.75 Å². The van der Waals surface area contributed by atoms with Crippen LogP contribution < -0.4 is 9.64 Å². The number of benzene rings is 2. The van der Waals surface area contributed by atoms with Crippen LogP contribution in [0.1, 0.15) is 25.8 Å². The molecule has 3 aromatic rings. The molecule has 0 atom stereocenters. The number of amides is 1. The fourth-order valence-electron chi connectivity index (χ4n) is 3.31. The zero-order valence-corrected chi connectivity index (χ0v) is 19.4. The van der Waals surface area contributed by atoms with Crippen LogP contribution in [0.4, 0.5) is 5.13 Å². The van der Waals surface area contributed by atoms with Crippen molar-refractivity contribution in [2.75, 3.05) is 37.7 Å². The second-order valence-corrected chi connectivity index (χ2v) is 8.25. The van der Waals surface area contributed by atoms with Gasteiger partial charge >= 0.3 is 0 Å². The molecule has 0 saturated carbocycles. The molecule has 0 aliphatic rings. The predicted molar refractivity (Wildman–Crippen MR) is 129 cm³/mol. The molecule has 0 saturated heterocycles. The highest BCUT2D eigenvalue weighted by Crippen LogP contribution is 2.28. The molecule has 0 radical (unpaired) electrons. The van der Waals surface area contributed by atoms with Crippen LogP contribution in [-0.2, 0) is 4.79 Å². The molecule has 0 fully saturated rings. The van der Waals surface area contributed by atoms with Crippen molar-refractivity contribution in [3.63, 3.8) is 0 Å². The number of nitrogens with zero attached hydrogens (tertiary/aromatic N) is 3. The van der Waals surface area contributed by atoms with Gasteiger partial charge in [0, 0.05) is 17.5 Å². The summed E-state index contributed by atoms with van der Waals surface area (Å²) >= 11 is 1.50. The summed E-state index contributed by atoms with van der Waals surface area (Å²) in [6.45, 7) is 9.94. The molecular weight excluding hydrogens is 406 g/mol. The van der Waals surface area contributed by atoms with Crippen molar-refractivity contribution in [3.05, 3.63) is 65.5 Å². The number of aromatic nitrogens is 1. The molecule has 1 amide bonds. The van der Waals surface area contributed by atoms with Gasteiger partial charge in [0.25, 0.3) is 5.91 Å². The predicted octanol–water partition coefficient (Wildman–Crippen LogP) is 5.26. The molecule has 0 aliphatic carbocycles. The zero-order valence-electron chi connectivity index (χ0n) is 18.6. The SMILES string of the molecule is CCN(CC)CCCN(C(=O)COc1ccc(C)cc1)c1nc(-c2ccccc2)cs1. The molecule has 164 valence electrons. The number of rotatable bonds is 11. The topological polar surface area (TPSA) is 45.7 Å². The van der Waals surface area contributed by atoms with Gasteiger partial charge in [-0.1, -0.05) is 61.9 Å². The van der Waals surface area contributed by atoms with Gasteiger partial charge < -0.3 is 9.64 Å². The summed E-state index contributed by atoms with van der Waals surface area (Å²) in [7, 11) is 0. The Morgan fingerprint density at radius 2 is 1.71 bits per heavy atom. The number of ether oxygens (including phenoxy) is 1. The van der Waals surface area contributed by atoms with Crippen LogP contribution in [0.5, 0.6) is 5.75 Å². The second kappa shape index (κ2) is 11.6. The number of carbonyl (C=O) groups excluding carboxylic acids is 1. The van der Waals surface area contributed by atoms with Gasteiger partial charge in [-0.15, -0.1) is 11.3 Å². The highest BCUT2D eigenvalue weighted by Gasteiger charge is 2.20. The van der Waals surface area contributed by atoms with Gasteiger partial charge in [-0.05, 0) is 45.1 Å². The maximum Gasteiger partial charge on any atom is 0.266 e. The Kier molecular flexibility index (Phi) is 8.62. The number of carbonyl (C=O) groups is 1. The lowest BCUT2D eigenvalue weighted by Gasteiger charge is -2.23. The molecule has 0 N–H and O–H groups in total. The van der Waals surface area contributed by atoms with Gasteiger partial charge in [-0.2, -0.15) is 0 Å². The van der Waals surface area contributed by atoms with Crippen LogP contribution in [-0.4, -0.2) is 48.6 Å². The molecule has 1 heterocycles. The van der Waals surface area contributed by atoms with Crippen LogP contribution in [0.25, 0.3) is 11.3 Å². The zero-order chi connectivity index (χ0) is 22.1. The summed E-state index contributed by atoms with van der Waals surface area (Å²) in [5.74, 6) is 0.625. The smallest absolute Gasteiger partial charge is 0.266 e. The molecule has 0 unspecified atom stereocenters. The van der Waals surface area contributed by atoms with Gasteiger partial charge in [0.15, 0.2) is 11.7 Å². The quantitative estimate of drug-likeness (QED) is 0.410. The summed E-state index contributed by atoms with van der Waals surface area (Å²) in [4.78, 5) is 22.0. The van der Waals surface area contributed by atoms with Crippen LogP contribution >= 0.6 is 11.3 Å². The second-order valence-electron chi connectivity index (χ2n) is 7.41. The minimum absolute atomic E-state index is 0.00538. The molecule has 0 aliphatic heterocycles. The van der Waals surface area contributed by atoms with E-state index in [0.29, 0.717) is 12.3 Å².